The fraction of sp³-hybridized carbons (Fsp3) is 0.471. The number of ether oxygens (including phenoxy) is 3. The van der Waals surface area contributed by atoms with Crippen LogP contribution in [0.4, 0.5) is 0 Å². The molecule has 224 valence electrons. The van der Waals surface area contributed by atoms with Crippen LogP contribution in [-0.2, 0) is 23.3 Å². The van der Waals surface area contributed by atoms with Gasteiger partial charge in [0.25, 0.3) is 5.91 Å². The largest absolute Gasteiger partial charge is 0.494 e. The van der Waals surface area contributed by atoms with E-state index in [1.165, 1.54) is 11.1 Å². The monoisotopic (exact) mass is 573 g/mol. The number of carbonyl (C=O) groups excluding carboxylic acids is 1. The number of hydrogen-bond donors (Lipinski definition) is 3. The molecule has 1 aliphatic carbocycles. The zero-order chi connectivity index (χ0) is 29.5. The average Bonchev–Trinajstić information content (AvgIpc) is 3.78. The Balaban J connectivity index is 1.38. The number of rotatable bonds is 8. The zero-order valence-electron chi connectivity index (χ0n) is 24.9. The van der Waals surface area contributed by atoms with Gasteiger partial charge in [-0.05, 0) is 72.9 Å². The molecule has 2 atom stereocenters. The summed E-state index contributed by atoms with van der Waals surface area (Å²) in [5, 5.41) is 18.3. The van der Waals surface area contributed by atoms with Crippen LogP contribution in [0.1, 0.15) is 78.2 Å². The van der Waals surface area contributed by atoms with Crippen LogP contribution in [0.15, 0.2) is 60.7 Å². The normalized spacial score (nSPS) is 19.4. The van der Waals surface area contributed by atoms with Crippen LogP contribution in [0, 0.1) is 0 Å². The summed E-state index contributed by atoms with van der Waals surface area (Å²) in [6.45, 7) is 6.03. The van der Waals surface area contributed by atoms with Crippen LogP contribution in [0.3, 0.4) is 0 Å². The molecule has 1 aromatic heterocycles. The summed E-state index contributed by atoms with van der Waals surface area (Å²) in [5.41, 5.74) is 4.42. The van der Waals surface area contributed by atoms with Gasteiger partial charge in [-0.3, -0.25) is 4.79 Å². The highest BCUT2D eigenvalue weighted by atomic mass is 16.5. The van der Waals surface area contributed by atoms with Crippen molar-refractivity contribution in [3.05, 3.63) is 88.6 Å². The highest BCUT2D eigenvalue weighted by Gasteiger charge is 2.44. The Kier molecular flexibility index (Phi) is 9.77. The molecule has 2 aliphatic rings. The van der Waals surface area contributed by atoms with Crippen molar-refractivity contribution < 1.29 is 24.1 Å². The number of aromatic nitrogens is 1. The number of fused-ring (bicyclic) bond motifs is 4. The number of nitrogens with zero attached hydrogens (tertiary/aromatic N) is 1. The lowest BCUT2D eigenvalue weighted by molar-refractivity contribution is 0.0821. The fourth-order valence-electron chi connectivity index (χ4n) is 5.44. The smallest absolute Gasteiger partial charge is 0.251 e. The number of carbonyl (C=O) groups is 1. The molecule has 1 aliphatic heterocycles. The molecule has 0 radical (unpaired) electrons. The van der Waals surface area contributed by atoms with Gasteiger partial charge in [-0.1, -0.05) is 50.2 Å². The van der Waals surface area contributed by atoms with Gasteiger partial charge in [0.1, 0.15) is 5.75 Å². The highest BCUT2D eigenvalue weighted by molar-refractivity contribution is 5.94. The van der Waals surface area contributed by atoms with Crippen molar-refractivity contribution in [2.75, 3.05) is 26.9 Å². The molecule has 0 spiro atoms. The standard InChI is InChI=1S/C34H43N3O5/c1-23(2)25-9-7-10-27(18-25)34(12-13-34)35-21-31(38)30-17-24-8-6-11-29(16-24)41-14-4-5-15-42-32-20-26(33(39)37-30)19-28(36-32)22-40-3/h6-11,16,18-20,23,30-31,35,38H,4-5,12-15,17,21-22H2,1-3H3,(H,37,39). The zero-order valence-corrected chi connectivity index (χ0v) is 24.9. The Morgan fingerprint density at radius 2 is 1.86 bits per heavy atom. The van der Waals surface area contributed by atoms with Crippen molar-refractivity contribution in [2.45, 2.75) is 76.2 Å². The van der Waals surface area contributed by atoms with Crippen molar-refractivity contribution in [2.24, 2.45) is 0 Å². The number of benzene rings is 2. The summed E-state index contributed by atoms with van der Waals surface area (Å²) in [6.07, 6.45) is 3.26. The second-order valence-corrected chi connectivity index (χ2v) is 11.8. The summed E-state index contributed by atoms with van der Waals surface area (Å²) in [6, 6.07) is 19.4. The summed E-state index contributed by atoms with van der Waals surface area (Å²) >= 11 is 0. The lowest BCUT2D eigenvalue weighted by Crippen LogP contribution is -2.50. The molecule has 1 amide bonds. The van der Waals surface area contributed by atoms with Gasteiger partial charge in [-0.25, -0.2) is 4.98 Å². The molecule has 8 nitrogen and oxygen atoms in total. The third-order valence-electron chi connectivity index (χ3n) is 8.11. The fourth-order valence-corrected chi connectivity index (χ4v) is 5.44. The maximum absolute atomic E-state index is 13.6. The SMILES string of the molecule is COCc1cc2cc(n1)OCCCCOc1cccc(c1)CC(C(O)CNC1(c3cccc(C(C)C)c3)CC1)NC2=O. The molecule has 1 fully saturated rings. The van der Waals surface area contributed by atoms with Gasteiger partial charge < -0.3 is 30.0 Å². The molecule has 0 saturated heterocycles. The van der Waals surface area contributed by atoms with Crippen LogP contribution in [-0.4, -0.2) is 55.0 Å². The van der Waals surface area contributed by atoms with Crippen molar-refractivity contribution >= 4 is 5.91 Å². The highest BCUT2D eigenvalue weighted by Crippen LogP contribution is 2.46. The first-order valence-electron chi connectivity index (χ1n) is 15.0. The van der Waals surface area contributed by atoms with E-state index >= 15 is 0 Å². The van der Waals surface area contributed by atoms with E-state index in [2.05, 4.69) is 53.7 Å². The third kappa shape index (κ3) is 7.68. The van der Waals surface area contributed by atoms with Crippen molar-refractivity contribution in [3.63, 3.8) is 0 Å². The number of pyridine rings is 1. The molecule has 3 aromatic rings. The van der Waals surface area contributed by atoms with Crippen molar-refractivity contribution in [3.8, 4) is 11.6 Å². The molecular formula is C34H43N3O5. The second kappa shape index (κ2) is 13.7. The summed E-state index contributed by atoms with van der Waals surface area (Å²) in [7, 11) is 1.59. The Morgan fingerprint density at radius 3 is 2.62 bits per heavy atom. The number of nitrogens with one attached hydrogen (secondary N) is 2. The number of methoxy groups -OCH3 is 1. The van der Waals surface area contributed by atoms with Crippen molar-refractivity contribution in [1.82, 2.24) is 15.6 Å². The molecule has 42 heavy (non-hydrogen) atoms. The lowest BCUT2D eigenvalue weighted by atomic mass is 9.95. The van der Waals surface area contributed by atoms with E-state index in [-0.39, 0.29) is 18.1 Å². The first-order chi connectivity index (χ1) is 20.3. The third-order valence-corrected chi connectivity index (χ3v) is 8.11. The molecule has 2 unspecified atom stereocenters. The van der Waals surface area contributed by atoms with E-state index in [0.29, 0.717) is 49.2 Å². The van der Waals surface area contributed by atoms with Crippen molar-refractivity contribution in [1.29, 1.82) is 0 Å². The van der Waals surface area contributed by atoms with E-state index < -0.39 is 12.1 Å². The topological polar surface area (TPSA) is 102 Å². The molecule has 8 heteroatoms. The van der Waals surface area contributed by atoms with Crippen LogP contribution in [0.5, 0.6) is 11.6 Å². The van der Waals surface area contributed by atoms with Gasteiger partial charge >= 0.3 is 0 Å². The molecule has 2 aromatic carbocycles. The average molecular weight is 574 g/mol. The number of amides is 1. The molecule has 3 N–H and O–H groups in total. The maximum atomic E-state index is 13.6. The summed E-state index contributed by atoms with van der Waals surface area (Å²) in [5.74, 6) is 1.30. The minimum absolute atomic E-state index is 0.144. The molecule has 5 rings (SSSR count). The predicted molar refractivity (Wildman–Crippen MR) is 162 cm³/mol. The second-order valence-electron chi connectivity index (χ2n) is 11.8. The Morgan fingerprint density at radius 1 is 1.07 bits per heavy atom. The van der Waals surface area contributed by atoms with Gasteiger partial charge in [-0.15, -0.1) is 0 Å². The van der Waals surface area contributed by atoms with Crippen LogP contribution in [0.2, 0.25) is 0 Å². The van der Waals surface area contributed by atoms with Crippen LogP contribution >= 0.6 is 0 Å². The van der Waals surface area contributed by atoms with E-state index in [0.717, 1.165) is 37.0 Å². The van der Waals surface area contributed by atoms with E-state index in [1.54, 1.807) is 19.2 Å². The minimum atomic E-state index is -0.834. The van der Waals surface area contributed by atoms with Crippen LogP contribution < -0.4 is 20.1 Å². The summed E-state index contributed by atoms with van der Waals surface area (Å²) < 4.78 is 17.1. The van der Waals surface area contributed by atoms with E-state index in [9.17, 15) is 9.90 Å². The molecule has 2 heterocycles. The number of hydrogen-bond acceptors (Lipinski definition) is 7. The van der Waals surface area contributed by atoms with Gasteiger partial charge in [-0.2, -0.15) is 0 Å². The maximum Gasteiger partial charge on any atom is 0.251 e. The first kappa shape index (κ1) is 30.0. The lowest BCUT2D eigenvalue weighted by Gasteiger charge is -2.28. The quantitative estimate of drug-likeness (QED) is 0.353. The molecular weight excluding hydrogens is 530 g/mol. The molecule has 1 saturated carbocycles. The van der Waals surface area contributed by atoms with E-state index in [1.807, 2.05) is 24.3 Å². The minimum Gasteiger partial charge on any atom is -0.494 e. The Hall–Kier alpha value is -3.46. The predicted octanol–water partition coefficient (Wildman–Crippen LogP) is 4.88. The van der Waals surface area contributed by atoms with Crippen LogP contribution in [0.25, 0.3) is 0 Å². The van der Waals surface area contributed by atoms with Gasteiger partial charge in [0.15, 0.2) is 0 Å². The number of aliphatic hydroxyl groups is 1. The molecule has 4 bridgehead atoms. The van der Waals surface area contributed by atoms with Gasteiger partial charge in [0.2, 0.25) is 5.88 Å². The van der Waals surface area contributed by atoms with E-state index in [4.69, 9.17) is 14.2 Å². The Bertz CT molecular complexity index is 1360. The number of aliphatic hydroxyl groups excluding tert-OH is 1. The van der Waals surface area contributed by atoms with Gasteiger partial charge in [0.05, 0.1) is 37.7 Å². The summed E-state index contributed by atoms with van der Waals surface area (Å²) in [4.78, 5) is 18.1. The Labute approximate surface area is 248 Å². The first-order valence-corrected chi connectivity index (χ1v) is 15.0. The van der Waals surface area contributed by atoms with Gasteiger partial charge in [0, 0.05) is 30.8 Å².